The van der Waals surface area contributed by atoms with Crippen molar-refractivity contribution >= 4 is 45.7 Å². The summed E-state index contributed by atoms with van der Waals surface area (Å²) >= 11 is 0. The molecule has 0 spiro atoms. The van der Waals surface area contributed by atoms with Crippen molar-refractivity contribution in [1.82, 2.24) is 19.6 Å². The summed E-state index contributed by atoms with van der Waals surface area (Å²) in [6.45, 7) is 6.05. The van der Waals surface area contributed by atoms with E-state index < -0.39 is 10.0 Å². The minimum atomic E-state index is -3.57. The lowest BCUT2D eigenvalue weighted by atomic mass is 10.1. The first kappa shape index (κ1) is 25.3. The van der Waals surface area contributed by atoms with Gasteiger partial charge in [0.05, 0.1) is 11.4 Å². The third-order valence-electron chi connectivity index (χ3n) is 5.55. The number of benzene rings is 1. The van der Waals surface area contributed by atoms with E-state index in [2.05, 4.69) is 37.7 Å². The highest BCUT2D eigenvalue weighted by Gasteiger charge is 2.25. The molecule has 0 amide bonds. The molecule has 8 nitrogen and oxygen atoms in total. The number of allylic oxidation sites excluding steroid dienone is 1. The van der Waals surface area contributed by atoms with Crippen molar-refractivity contribution < 1.29 is 8.42 Å². The maximum atomic E-state index is 12.7. The molecule has 0 unspecified atom stereocenters. The molecule has 36 heavy (non-hydrogen) atoms. The van der Waals surface area contributed by atoms with E-state index in [1.165, 1.54) is 10.4 Å². The fourth-order valence-corrected chi connectivity index (χ4v) is 5.00. The summed E-state index contributed by atoms with van der Waals surface area (Å²) < 4.78 is 26.9. The summed E-state index contributed by atoms with van der Waals surface area (Å²) in [7, 11) is -3.57. The van der Waals surface area contributed by atoms with Gasteiger partial charge in [-0.05, 0) is 49.2 Å². The molecule has 1 aliphatic heterocycles. The molecule has 0 aliphatic carbocycles. The Morgan fingerprint density at radius 1 is 1.00 bits per heavy atom. The van der Waals surface area contributed by atoms with E-state index in [-0.39, 0.29) is 4.90 Å². The predicted octanol–water partition coefficient (Wildman–Crippen LogP) is 4.04. The molecular formula is C27H28N6O2S. The van der Waals surface area contributed by atoms with Crippen LogP contribution in [-0.4, -0.2) is 55.1 Å². The molecule has 2 N–H and O–H groups in total. The summed E-state index contributed by atoms with van der Waals surface area (Å²) in [5, 5.41) is 6.18. The van der Waals surface area contributed by atoms with Gasteiger partial charge in [0.1, 0.15) is 4.90 Å². The molecule has 0 saturated carbocycles. The molecule has 0 atom stereocenters. The second-order valence-electron chi connectivity index (χ2n) is 8.00. The van der Waals surface area contributed by atoms with Gasteiger partial charge in [0.2, 0.25) is 5.95 Å². The van der Waals surface area contributed by atoms with E-state index in [1.807, 2.05) is 56.3 Å². The van der Waals surface area contributed by atoms with Crippen LogP contribution in [0.3, 0.4) is 0 Å². The Bertz CT molecular complexity index is 1340. The fourth-order valence-electron chi connectivity index (χ4n) is 3.64. The van der Waals surface area contributed by atoms with E-state index in [9.17, 15) is 8.42 Å². The molecule has 1 saturated heterocycles. The van der Waals surface area contributed by atoms with Gasteiger partial charge in [0, 0.05) is 50.4 Å². The third-order valence-corrected chi connectivity index (χ3v) is 7.39. The number of piperazine rings is 1. The molecule has 3 aromatic rings. The Morgan fingerprint density at radius 3 is 2.31 bits per heavy atom. The van der Waals surface area contributed by atoms with Crippen molar-refractivity contribution in [3.05, 3.63) is 83.7 Å². The number of sulfonamides is 1. The van der Waals surface area contributed by atoms with Gasteiger partial charge in [-0.25, -0.2) is 18.4 Å². The van der Waals surface area contributed by atoms with E-state index in [0.29, 0.717) is 37.8 Å². The molecule has 9 heteroatoms. The minimum absolute atomic E-state index is 0.101. The first-order chi connectivity index (χ1) is 17.5. The summed E-state index contributed by atoms with van der Waals surface area (Å²) in [5.41, 5.74) is 4.44. The molecule has 4 rings (SSSR count). The van der Waals surface area contributed by atoms with Gasteiger partial charge >= 0.3 is 0 Å². The van der Waals surface area contributed by atoms with Crippen LogP contribution in [0.4, 0.5) is 11.6 Å². The maximum absolute atomic E-state index is 12.7. The van der Waals surface area contributed by atoms with Crippen molar-refractivity contribution in [2.45, 2.75) is 18.7 Å². The summed E-state index contributed by atoms with van der Waals surface area (Å²) in [5.74, 6) is 0.384. The van der Waals surface area contributed by atoms with Gasteiger partial charge in [-0.1, -0.05) is 42.5 Å². The number of aromatic nitrogens is 2. The van der Waals surface area contributed by atoms with E-state index >= 15 is 0 Å². The average molecular weight is 501 g/mol. The number of hydrogen-bond donors (Lipinski definition) is 2. The second kappa shape index (κ2) is 11.7. The van der Waals surface area contributed by atoms with Gasteiger partial charge in [-0.2, -0.15) is 4.31 Å². The van der Waals surface area contributed by atoms with Gasteiger partial charge < -0.3 is 10.6 Å². The summed E-state index contributed by atoms with van der Waals surface area (Å²) in [6.07, 6.45) is 11.1. The Morgan fingerprint density at radius 2 is 1.69 bits per heavy atom. The zero-order valence-corrected chi connectivity index (χ0v) is 21.1. The van der Waals surface area contributed by atoms with Crippen molar-refractivity contribution in [3.8, 4) is 0 Å². The first-order valence-electron chi connectivity index (χ1n) is 11.7. The summed E-state index contributed by atoms with van der Waals surface area (Å²) in [6, 6.07) is 16.9. The standard InChI is InChI=1S/C27H28N6O2S/c1-3-26(29-4-2)23-9-7-21(8-10-23)5-6-22-19-30-27(31-20-22)32-24-11-13-25(14-12-24)36(34,35)33-17-15-28-16-18-33/h3-11,13,19-20,28H,15-18H2,1-2H3,(H,30,31,32)/b6-5+,26-3-,29-4?. The second-order valence-corrected chi connectivity index (χ2v) is 9.90. The fraction of sp³-hybridized carbons (Fsp3) is 0.222. The Hall–Kier alpha value is -3.84. The number of anilines is 2. The lowest BCUT2D eigenvalue weighted by molar-refractivity contribution is 0.360. The lowest BCUT2D eigenvalue weighted by Gasteiger charge is -2.25. The van der Waals surface area contributed by atoms with Crippen LogP contribution in [0.5, 0.6) is 0 Å². The predicted molar refractivity (Wildman–Crippen MR) is 144 cm³/mol. The van der Waals surface area contributed by atoms with E-state index in [0.717, 1.165) is 22.4 Å². The van der Waals surface area contributed by atoms with Crippen LogP contribution in [0.1, 0.15) is 30.5 Å². The molecule has 2 heterocycles. The van der Waals surface area contributed by atoms with Crippen LogP contribution >= 0.6 is 0 Å². The topological polar surface area (TPSA) is 99.6 Å². The van der Waals surface area contributed by atoms with Crippen molar-refractivity contribution in [3.63, 3.8) is 0 Å². The SMILES string of the molecule is CC=N/C(=C\C)c1ccc(/C=C/c2cnc(Nc3c#cc(S(=O)(=O)N4CCNCC4)cc3)nc2)cc1. The number of nitrogens with one attached hydrogen (secondary N) is 2. The Balaban J connectivity index is 1.37. The molecular weight excluding hydrogens is 472 g/mol. The highest BCUT2D eigenvalue weighted by Crippen LogP contribution is 2.19. The summed E-state index contributed by atoms with van der Waals surface area (Å²) in [4.78, 5) is 13.1. The van der Waals surface area contributed by atoms with Crippen LogP contribution in [0.15, 0.2) is 64.8 Å². The van der Waals surface area contributed by atoms with Gasteiger partial charge in [-0.3, -0.25) is 4.99 Å². The van der Waals surface area contributed by atoms with Crippen LogP contribution in [-0.2, 0) is 10.0 Å². The zero-order chi connectivity index (χ0) is 25.4. The number of aliphatic imine (C=N–C) groups is 1. The third kappa shape index (κ3) is 6.23. The molecule has 0 bridgehead atoms. The Labute approximate surface area is 212 Å². The number of nitrogens with zero attached hydrogens (tertiary/aromatic N) is 4. The van der Waals surface area contributed by atoms with Crippen LogP contribution in [0, 0.1) is 12.1 Å². The molecule has 1 fully saturated rings. The van der Waals surface area contributed by atoms with Crippen molar-refractivity contribution in [1.29, 1.82) is 0 Å². The lowest BCUT2D eigenvalue weighted by Crippen LogP contribution is -2.46. The molecule has 1 aliphatic rings. The smallest absolute Gasteiger partial charge is 0.251 e. The average Bonchev–Trinajstić information content (AvgIpc) is 2.92. The minimum Gasteiger partial charge on any atom is -0.317 e. The maximum Gasteiger partial charge on any atom is 0.251 e. The monoisotopic (exact) mass is 500 g/mol. The van der Waals surface area contributed by atoms with E-state index in [1.54, 1.807) is 24.7 Å². The number of hydrogen-bond acceptors (Lipinski definition) is 7. The molecule has 2 aromatic carbocycles. The van der Waals surface area contributed by atoms with Crippen LogP contribution < -0.4 is 10.6 Å². The zero-order valence-electron chi connectivity index (χ0n) is 20.3. The van der Waals surface area contributed by atoms with Gasteiger partial charge in [0.15, 0.2) is 0 Å². The Kier molecular flexibility index (Phi) is 8.23. The van der Waals surface area contributed by atoms with Crippen molar-refractivity contribution in [2.24, 2.45) is 4.99 Å². The van der Waals surface area contributed by atoms with E-state index in [4.69, 9.17) is 0 Å². The first-order valence-corrected chi connectivity index (χ1v) is 13.1. The normalized spacial score (nSPS) is 15.3. The van der Waals surface area contributed by atoms with Crippen LogP contribution in [0.2, 0.25) is 0 Å². The highest BCUT2D eigenvalue weighted by molar-refractivity contribution is 7.89. The highest BCUT2D eigenvalue weighted by atomic mass is 32.2. The van der Waals surface area contributed by atoms with Crippen LogP contribution in [0.25, 0.3) is 17.8 Å². The molecule has 1 aromatic heterocycles. The molecule has 0 radical (unpaired) electrons. The quantitative estimate of drug-likeness (QED) is 0.453. The molecule has 184 valence electrons. The largest absolute Gasteiger partial charge is 0.317 e. The number of rotatable bonds is 8. The van der Waals surface area contributed by atoms with Crippen molar-refractivity contribution in [2.75, 3.05) is 31.5 Å². The van der Waals surface area contributed by atoms with Gasteiger partial charge in [-0.15, -0.1) is 0 Å². The van der Waals surface area contributed by atoms with Gasteiger partial charge in [0.25, 0.3) is 10.0 Å².